The first-order chi connectivity index (χ1) is 10.1. The molecule has 1 aromatic carbocycles. The summed E-state index contributed by atoms with van der Waals surface area (Å²) in [4.78, 5) is 19.3. The molecular weight excluding hydrogens is 294 g/mol. The summed E-state index contributed by atoms with van der Waals surface area (Å²) in [6, 6.07) is 9.12. The molecule has 2 rings (SSSR count). The normalized spacial score (nSPS) is 10.0. The highest BCUT2D eigenvalue weighted by Crippen LogP contribution is 2.15. The van der Waals surface area contributed by atoms with Gasteiger partial charge < -0.3 is 14.8 Å². The molecule has 7 heteroatoms. The Morgan fingerprint density at radius 3 is 2.57 bits per heavy atom. The average molecular weight is 308 g/mol. The van der Waals surface area contributed by atoms with Crippen molar-refractivity contribution in [1.82, 2.24) is 9.97 Å². The van der Waals surface area contributed by atoms with Gasteiger partial charge in [0.2, 0.25) is 5.82 Å². The van der Waals surface area contributed by atoms with Gasteiger partial charge in [0.15, 0.2) is 0 Å². The Morgan fingerprint density at radius 1 is 1.24 bits per heavy atom. The second-order valence-electron chi connectivity index (χ2n) is 4.09. The zero-order valence-electron chi connectivity index (χ0n) is 11.6. The SMILES string of the molecule is COC(=O)c1nc(Cl)cc(NCc2ccc(OC)cc2)n1. The lowest BCUT2D eigenvalue weighted by atomic mass is 10.2. The third-order valence-electron chi connectivity index (χ3n) is 2.70. The van der Waals surface area contributed by atoms with Gasteiger partial charge >= 0.3 is 5.97 Å². The van der Waals surface area contributed by atoms with Crippen LogP contribution in [-0.4, -0.2) is 30.2 Å². The van der Waals surface area contributed by atoms with Crippen LogP contribution in [0.3, 0.4) is 0 Å². The summed E-state index contributed by atoms with van der Waals surface area (Å²) in [6.45, 7) is 0.526. The quantitative estimate of drug-likeness (QED) is 0.676. The molecule has 1 N–H and O–H groups in total. The summed E-state index contributed by atoms with van der Waals surface area (Å²) in [5.41, 5.74) is 1.03. The standard InChI is InChI=1S/C14H14ClN3O3/c1-20-10-5-3-9(4-6-10)8-16-12-7-11(15)17-13(18-12)14(19)21-2/h3-7H,8H2,1-2H3,(H,16,17,18). The molecular formula is C14H14ClN3O3. The highest BCUT2D eigenvalue weighted by atomic mass is 35.5. The van der Waals surface area contributed by atoms with E-state index in [1.165, 1.54) is 13.2 Å². The Morgan fingerprint density at radius 2 is 1.95 bits per heavy atom. The van der Waals surface area contributed by atoms with Gasteiger partial charge in [-0.3, -0.25) is 0 Å². The summed E-state index contributed by atoms with van der Waals surface area (Å²) < 4.78 is 9.66. The molecule has 2 aromatic rings. The molecule has 110 valence electrons. The maximum absolute atomic E-state index is 11.4. The van der Waals surface area contributed by atoms with E-state index in [2.05, 4.69) is 20.0 Å². The summed E-state index contributed by atoms with van der Waals surface area (Å²) in [7, 11) is 2.88. The largest absolute Gasteiger partial charge is 0.497 e. The van der Waals surface area contributed by atoms with Crippen LogP contribution in [0.15, 0.2) is 30.3 Å². The van der Waals surface area contributed by atoms with E-state index < -0.39 is 5.97 Å². The summed E-state index contributed by atoms with van der Waals surface area (Å²) in [6.07, 6.45) is 0. The van der Waals surface area contributed by atoms with Crippen molar-refractivity contribution in [3.8, 4) is 5.75 Å². The molecule has 0 spiro atoms. The molecule has 0 fully saturated rings. The van der Waals surface area contributed by atoms with Gasteiger partial charge in [-0.25, -0.2) is 14.8 Å². The van der Waals surface area contributed by atoms with Crippen LogP contribution < -0.4 is 10.1 Å². The topological polar surface area (TPSA) is 73.3 Å². The fraction of sp³-hybridized carbons (Fsp3) is 0.214. The number of hydrogen-bond donors (Lipinski definition) is 1. The Labute approximate surface area is 127 Å². The maximum atomic E-state index is 11.4. The average Bonchev–Trinajstić information content (AvgIpc) is 2.52. The highest BCUT2D eigenvalue weighted by Gasteiger charge is 2.12. The molecule has 0 aliphatic carbocycles. The molecule has 1 heterocycles. The van der Waals surface area contributed by atoms with Gasteiger partial charge in [0, 0.05) is 12.6 Å². The van der Waals surface area contributed by atoms with Gasteiger partial charge in [-0.05, 0) is 17.7 Å². The van der Waals surface area contributed by atoms with E-state index in [1.54, 1.807) is 7.11 Å². The number of nitrogens with one attached hydrogen (secondary N) is 1. The third-order valence-corrected chi connectivity index (χ3v) is 2.89. The lowest BCUT2D eigenvalue weighted by Crippen LogP contribution is -2.10. The van der Waals surface area contributed by atoms with Crippen molar-refractivity contribution in [2.75, 3.05) is 19.5 Å². The zero-order valence-corrected chi connectivity index (χ0v) is 12.3. The number of benzene rings is 1. The van der Waals surface area contributed by atoms with Crippen LogP contribution in [0.25, 0.3) is 0 Å². The van der Waals surface area contributed by atoms with Crippen LogP contribution in [-0.2, 0) is 11.3 Å². The molecule has 0 atom stereocenters. The van der Waals surface area contributed by atoms with Crippen molar-refractivity contribution in [1.29, 1.82) is 0 Å². The van der Waals surface area contributed by atoms with Crippen molar-refractivity contribution in [2.24, 2.45) is 0 Å². The van der Waals surface area contributed by atoms with Gasteiger partial charge in [-0.1, -0.05) is 23.7 Å². The smallest absolute Gasteiger partial charge is 0.376 e. The van der Waals surface area contributed by atoms with Gasteiger partial charge in [-0.2, -0.15) is 0 Å². The number of nitrogens with zero attached hydrogens (tertiary/aromatic N) is 2. The van der Waals surface area contributed by atoms with Crippen molar-refractivity contribution in [3.63, 3.8) is 0 Å². The van der Waals surface area contributed by atoms with E-state index >= 15 is 0 Å². The lowest BCUT2D eigenvalue weighted by molar-refractivity contribution is 0.0587. The summed E-state index contributed by atoms with van der Waals surface area (Å²) >= 11 is 5.86. The summed E-state index contributed by atoms with van der Waals surface area (Å²) in [5.74, 6) is 0.523. The monoisotopic (exact) mass is 307 g/mol. The number of ether oxygens (including phenoxy) is 2. The van der Waals surface area contributed by atoms with Gasteiger partial charge in [0.25, 0.3) is 0 Å². The Bertz CT molecular complexity index is 632. The molecule has 0 saturated heterocycles. The van der Waals surface area contributed by atoms with Crippen molar-refractivity contribution < 1.29 is 14.3 Å². The van der Waals surface area contributed by atoms with E-state index in [4.69, 9.17) is 16.3 Å². The number of rotatable bonds is 5. The van der Waals surface area contributed by atoms with E-state index in [1.807, 2.05) is 24.3 Å². The third kappa shape index (κ3) is 4.06. The van der Waals surface area contributed by atoms with Crippen LogP contribution in [0.4, 0.5) is 5.82 Å². The first-order valence-corrected chi connectivity index (χ1v) is 6.50. The van der Waals surface area contributed by atoms with E-state index in [-0.39, 0.29) is 11.0 Å². The Kier molecular flexibility index (Phi) is 4.94. The summed E-state index contributed by atoms with van der Waals surface area (Å²) in [5, 5.41) is 3.24. The first kappa shape index (κ1) is 15.1. The lowest BCUT2D eigenvalue weighted by Gasteiger charge is -2.08. The predicted octanol–water partition coefficient (Wildman–Crippen LogP) is 2.54. The molecule has 0 bridgehead atoms. The fourth-order valence-corrected chi connectivity index (χ4v) is 1.81. The predicted molar refractivity (Wildman–Crippen MR) is 78.7 cm³/mol. The maximum Gasteiger partial charge on any atom is 0.376 e. The molecule has 6 nitrogen and oxygen atoms in total. The molecule has 1 aromatic heterocycles. The van der Waals surface area contributed by atoms with Gasteiger partial charge in [0.05, 0.1) is 14.2 Å². The van der Waals surface area contributed by atoms with Crippen molar-refractivity contribution in [3.05, 3.63) is 46.9 Å². The van der Waals surface area contributed by atoms with Crippen LogP contribution >= 0.6 is 11.6 Å². The number of hydrogen-bond acceptors (Lipinski definition) is 6. The number of aromatic nitrogens is 2. The van der Waals surface area contributed by atoms with Crippen molar-refractivity contribution >= 4 is 23.4 Å². The number of esters is 1. The van der Waals surface area contributed by atoms with Crippen LogP contribution in [0.1, 0.15) is 16.2 Å². The van der Waals surface area contributed by atoms with Gasteiger partial charge in [0.1, 0.15) is 16.7 Å². The van der Waals surface area contributed by atoms with E-state index in [0.717, 1.165) is 11.3 Å². The minimum atomic E-state index is -0.634. The zero-order chi connectivity index (χ0) is 15.2. The highest BCUT2D eigenvalue weighted by molar-refractivity contribution is 6.29. The minimum Gasteiger partial charge on any atom is -0.497 e. The molecule has 0 unspecified atom stereocenters. The van der Waals surface area contributed by atoms with E-state index in [0.29, 0.717) is 12.4 Å². The molecule has 0 radical (unpaired) electrons. The Hall–Kier alpha value is -2.34. The first-order valence-electron chi connectivity index (χ1n) is 6.12. The van der Waals surface area contributed by atoms with Crippen molar-refractivity contribution in [2.45, 2.75) is 6.54 Å². The van der Waals surface area contributed by atoms with Crippen LogP contribution in [0.2, 0.25) is 5.15 Å². The van der Waals surface area contributed by atoms with E-state index in [9.17, 15) is 4.79 Å². The molecule has 0 saturated carbocycles. The minimum absolute atomic E-state index is 0.0813. The molecule has 0 aliphatic rings. The van der Waals surface area contributed by atoms with Gasteiger partial charge in [-0.15, -0.1) is 0 Å². The number of anilines is 1. The second-order valence-corrected chi connectivity index (χ2v) is 4.48. The fourth-order valence-electron chi connectivity index (χ4n) is 1.63. The number of carbonyl (C=O) groups excluding carboxylic acids is 1. The van der Waals surface area contributed by atoms with Crippen LogP contribution in [0, 0.1) is 0 Å². The number of methoxy groups -OCH3 is 2. The Balaban J connectivity index is 2.08. The number of carbonyl (C=O) groups is 1. The number of halogens is 1. The molecule has 0 aliphatic heterocycles. The molecule has 0 amide bonds. The van der Waals surface area contributed by atoms with Crippen LogP contribution in [0.5, 0.6) is 5.75 Å². The molecule has 21 heavy (non-hydrogen) atoms. The second kappa shape index (κ2) is 6.90.